The van der Waals surface area contributed by atoms with Crippen LogP contribution in [0.4, 0.5) is 5.69 Å². The third kappa shape index (κ3) is 4.84. The van der Waals surface area contributed by atoms with Crippen LogP contribution in [0.3, 0.4) is 0 Å². The lowest BCUT2D eigenvalue weighted by Gasteiger charge is -2.42. The zero-order valence-electron chi connectivity index (χ0n) is 19.5. The van der Waals surface area contributed by atoms with Crippen LogP contribution >= 0.6 is 0 Å². The maximum Gasteiger partial charge on any atom is 0.250 e. The number of aromatic nitrogens is 1. The summed E-state index contributed by atoms with van der Waals surface area (Å²) >= 11 is 0. The lowest BCUT2D eigenvalue weighted by molar-refractivity contribution is -0.116. The molecule has 1 aromatic heterocycles. The van der Waals surface area contributed by atoms with E-state index in [9.17, 15) is 18.0 Å². The molecule has 34 heavy (non-hydrogen) atoms. The largest absolute Gasteiger partial charge is 0.326 e. The van der Waals surface area contributed by atoms with Crippen LogP contribution in [-0.2, 0) is 21.4 Å². The minimum atomic E-state index is -3.65. The summed E-state index contributed by atoms with van der Waals surface area (Å²) in [5, 5.41) is 2.91. The average molecular weight is 484 g/mol. The van der Waals surface area contributed by atoms with Crippen molar-refractivity contribution in [3.05, 3.63) is 58.5 Å². The van der Waals surface area contributed by atoms with Crippen LogP contribution in [0, 0.1) is 11.8 Å². The van der Waals surface area contributed by atoms with Crippen molar-refractivity contribution in [3.8, 4) is 0 Å². The third-order valence-corrected chi connectivity index (χ3v) is 9.57. The first kappa shape index (κ1) is 23.3. The molecule has 1 N–H and O–H groups in total. The first-order valence-corrected chi connectivity index (χ1v) is 13.9. The summed E-state index contributed by atoms with van der Waals surface area (Å²) < 4.78 is 30.1. The van der Waals surface area contributed by atoms with Gasteiger partial charge in [-0.05, 0) is 55.0 Å². The number of benzene rings is 1. The van der Waals surface area contributed by atoms with Crippen LogP contribution in [0.25, 0.3) is 0 Å². The van der Waals surface area contributed by atoms with E-state index >= 15 is 0 Å². The third-order valence-electron chi connectivity index (χ3n) is 7.73. The lowest BCUT2D eigenvalue weighted by atomic mass is 9.84. The molecule has 2 atom stereocenters. The highest BCUT2D eigenvalue weighted by Gasteiger charge is 2.39. The SMILES string of the molecule is O=C(CCC1CCCCC1)Nc1ccc(S(=O)(=O)N2C[C@@H]3C[C@@H](C2)c2cccc(=O)n2C3)cc1. The Labute approximate surface area is 201 Å². The summed E-state index contributed by atoms with van der Waals surface area (Å²) in [5.74, 6) is 0.795. The summed E-state index contributed by atoms with van der Waals surface area (Å²) in [7, 11) is -3.65. The van der Waals surface area contributed by atoms with Crippen LogP contribution in [0.1, 0.15) is 63.0 Å². The van der Waals surface area contributed by atoms with Crippen molar-refractivity contribution in [1.29, 1.82) is 0 Å². The predicted octanol–water partition coefficient (Wildman–Crippen LogP) is 3.96. The summed E-state index contributed by atoms with van der Waals surface area (Å²) in [5.41, 5.74) is 1.53. The Kier molecular flexibility index (Phi) is 6.62. The number of piperidine rings is 1. The summed E-state index contributed by atoms with van der Waals surface area (Å²) in [6, 6.07) is 11.8. The molecule has 3 aliphatic rings. The topological polar surface area (TPSA) is 88.5 Å². The van der Waals surface area contributed by atoms with Crippen molar-refractivity contribution in [2.75, 3.05) is 18.4 Å². The van der Waals surface area contributed by atoms with Gasteiger partial charge in [0.05, 0.1) is 4.90 Å². The number of sulfonamides is 1. The Morgan fingerprint density at radius 2 is 1.74 bits per heavy atom. The number of nitrogens with zero attached hydrogens (tertiary/aromatic N) is 2. The smallest absolute Gasteiger partial charge is 0.250 e. The quantitative estimate of drug-likeness (QED) is 0.674. The summed E-state index contributed by atoms with van der Waals surface area (Å²) in [6.07, 6.45) is 8.63. The van der Waals surface area contributed by atoms with E-state index in [4.69, 9.17) is 0 Å². The Hall–Kier alpha value is -2.45. The van der Waals surface area contributed by atoms with E-state index in [1.807, 2.05) is 6.07 Å². The lowest BCUT2D eigenvalue weighted by Crippen LogP contribution is -2.48. The molecular formula is C26H33N3O4S. The first-order chi connectivity index (χ1) is 16.4. The number of rotatable bonds is 6. The highest BCUT2D eigenvalue weighted by molar-refractivity contribution is 7.89. The number of carbonyl (C=O) groups is 1. The number of nitrogens with one attached hydrogen (secondary N) is 1. The molecule has 182 valence electrons. The molecule has 1 aliphatic carbocycles. The highest BCUT2D eigenvalue weighted by atomic mass is 32.2. The molecule has 1 saturated heterocycles. The van der Waals surface area contributed by atoms with Crippen molar-refractivity contribution in [1.82, 2.24) is 8.87 Å². The first-order valence-electron chi connectivity index (χ1n) is 12.5. The highest BCUT2D eigenvalue weighted by Crippen LogP contribution is 2.37. The maximum atomic E-state index is 13.4. The van der Waals surface area contributed by atoms with Crippen molar-refractivity contribution in [2.45, 2.75) is 68.7 Å². The molecule has 0 unspecified atom stereocenters. The number of hydrogen-bond donors (Lipinski definition) is 1. The Balaban J connectivity index is 1.22. The number of amides is 1. The molecule has 2 bridgehead atoms. The van der Waals surface area contributed by atoms with Gasteiger partial charge in [-0.25, -0.2) is 8.42 Å². The second kappa shape index (κ2) is 9.66. The van der Waals surface area contributed by atoms with E-state index in [1.54, 1.807) is 45.3 Å². The molecule has 2 fully saturated rings. The fraction of sp³-hybridized carbons (Fsp3) is 0.538. The summed E-state index contributed by atoms with van der Waals surface area (Å²) in [6.45, 7) is 1.35. The maximum absolute atomic E-state index is 13.4. The molecule has 0 radical (unpaired) electrons. The number of hydrogen-bond acceptors (Lipinski definition) is 4. The Bertz CT molecular complexity index is 1200. The van der Waals surface area contributed by atoms with Gasteiger partial charge in [-0.3, -0.25) is 9.59 Å². The second-order valence-corrected chi connectivity index (χ2v) is 12.1. The van der Waals surface area contributed by atoms with Crippen molar-refractivity contribution < 1.29 is 13.2 Å². The van der Waals surface area contributed by atoms with Crippen molar-refractivity contribution >= 4 is 21.6 Å². The van der Waals surface area contributed by atoms with Gasteiger partial charge in [0.2, 0.25) is 15.9 Å². The molecule has 1 aromatic carbocycles. The number of carbonyl (C=O) groups excluding carboxylic acids is 1. The van der Waals surface area contributed by atoms with E-state index in [1.165, 1.54) is 32.1 Å². The number of pyridine rings is 1. The van der Waals surface area contributed by atoms with E-state index < -0.39 is 10.0 Å². The average Bonchev–Trinajstić information content (AvgIpc) is 2.84. The molecule has 8 heteroatoms. The van der Waals surface area contributed by atoms with E-state index in [0.717, 1.165) is 18.5 Å². The van der Waals surface area contributed by atoms with Gasteiger partial charge < -0.3 is 9.88 Å². The summed E-state index contributed by atoms with van der Waals surface area (Å²) in [4.78, 5) is 24.8. The van der Waals surface area contributed by atoms with Gasteiger partial charge in [-0.2, -0.15) is 4.31 Å². The molecule has 5 rings (SSSR count). The zero-order chi connectivity index (χ0) is 23.7. The van der Waals surface area contributed by atoms with Gasteiger partial charge in [0.1, 0.15) is 0 Å². The minimum absolute atomic E-state index is 0.0140. The number of anilines is 1. The minimum Gasteiger partial charge on any atom is -0.326 e. The van der Waals surface area contributed by atoms with Gasteiger partial charge >= 0.3 is 0 Å². The molecule has 1 amide bonds. The Morgan fingerprint density at radius 1 is 0.971 bits per heavy atom. The van der Waals surface area contributed by atoms with E-state index in [2.05, 4.69) is 5.32 Å². The van der Waals surface area contributed by atoms with Gasteiger partial charge in [0, 0.05) is 49.4 Å². The van der Waals surface area contributed by atoms with E-state index in [-0.39, 0.29) is 28.2 Å². The van der Waals surface area contributed by atoms with E-state index in [0.29, 0.717) is 37.7 Å². The monoisotopic (exact) mass is 483 g/mol. The van der Waals surface area contributed by atoms with Crippen LogP contribution in [0.15, 0.2) is 52.2 Å². The van der Waals surface area contributed by atoms with Crippen LogP contribution in [-0.4, -0.2) is 36.3 Å². The number of fused-ring (bicyclic) bond motifs is 4. The van der Waals surface area contributed by atoms with Crippen LogP contribution in [0.5, 0.6) is 0 Å². The molecule has 7 nitrogen and oxygen atoms in total. The van der Waals surface area contributed by atoms with Crippen LogP contribution in [0.2, 0.25) is 0 Å². The molecule has 1 saturated carbocycles. The standard InChI is InChI=1S/C26H33N3O4S/c30-25(14-9-19-5-2-1-3-6-19)27-22-10-12-23(13-11-22)34(32,33)28-16-20-15-21(18-28)24-7-4-8-26(31)29(24)17-20/h4,7-8,10-13,19-21H,1-3,5-6,9,14-18H2,(H,27,30)/t20-,21-/m0/s1. The van der Waals surface area contributed by atoms with Gasteiger partial charge in [-0.15, -0.1) is 0 Å². The molecule has 2 aliphatic heterocycles. The van der Waals surface area contributed by atoms with Crippen molar-refractivity contribution in [3.63, 3.8) is 0 Å². The fourth-order valence-electron chi connectivity index (χ4n) is 5.94. The fourth-order valence-corrected chi connectivity index (χ4v) is 7.50. The van der Waals surface area contributed by atoms with Gasteiger partial charge in [-0.1, -0.05) is 38.2 Å². The normalized spacial score (nSPS) is 23.3. The Morgan fingerprint density at radius 3 is 2.50 bits per heavy atom. The molecular weight excluding hydrogens is 450 g/mol. The van der Waals surface area contributed by atoms with Crippen molar-refractivity contribution in [2.24, 2.45) is 11.8 Å². The van der Waals surface area contributed by atoms with Crippen LogP contribution < -0.4 is 10.9 Å². The predicted molar refractivity (Wildman–Crippen MR) is 131 cm³/mol. The molecule has 3 heterocycles. The molecule has 0 spiro atoms. The van der Waals surface area contributed by atoms with Gasteiger partial charge in [0.15, 0.2) is 0 Å². The zero-order valence-corrected chi connectivity index (χ0v) is 20.3. The van der Waals surface area contributed by atoms with Gasteiger partial charge in [0.25, 0.3) is 5.56 Å². The second-order valence-electron chi connectivity index (χ2n) is 10.1. The molecule has 2 aromatic rings.